The summed E-state index contributed by atoms with van der Waals surface area (Å²) in [5, 5.41) is 2.95. The maximum atomic E-state index is 13.0. The standard InChI is InChI=1S/C17H30N2O2/c1-6-13-15(20)18-14(17(3,4)5)16(21)19(13)11(2)12-9-7-8-10-12/h11-14H,6-10H2,1-5H3,(H,18,20). The molecule has 0 aromatic carbocycles. The first-order valence-electron chi connectivity index (χ1n) is 8.40. The lowest BCUT2D eigenvalue weighted by Crippen LogP contribution is -2.68. The summed E-state index contributed by atoms with van der Waals surface area (Å²) < 4.78 is 0. The van der Waals surface area contributed by atoms with Gasteiger partial charge in [0.15, 0.2) is 0 Å². The quantitative estimate of drug-likeness (QED) is 0.870. The van der Waals surface area contributed by atoms with E-state index >= 15 is 0 Å². The average molecular weight is 294 g/mol. The van der Waals surface area contributed by atoms with E-state index in [4.69, 9.17) is 0 Å². The van der Waals surface area contributed by atoms with E-state index in [2.05, 4.69) is 12.2 Å². The molecule has 2 amide bonds. The number of hydrogen-bond donors (Lipinski definition) is 1. The first-order valence-corrected chi connectivity index (χ1v) is 8.40. The van der Waals surface area contributed by atoms with E-state index in [-0.39, 0.29) is 29.3 Å². The van der Waals surface area contributed by atoms with E-state index in [0.29, 0.717) is 12.3 Å². The van der Waals surface area contributed by atoms with E-state index in [0.717, 1.165) is 0 Å². The van der Waals surface area contributed by atoms with Crippen molar-refractivity contribution < 1.29 is 9.59 Å². The molecule has 0 aromatic heterocycles. The van der Waals surface area contributed by atoms with Crippen LogP contribution in [-0.2, 0) is 9.59 Å². The third-order valence-electron chi connectivity index (χ3n) is 5.20. The first kappa shape index (κ1) is 16.3. The molecule has 1 heterocycles. The minimum absolute atomic E-state index is 0.0156. The molecule has 4 heteroatoms. The van der Waals surface area contributed by atoms with Crippen LogP contribution in [0.2, 0.25) is 0 Å². The van der Waals surface area contributed by atoms with Crippen LogP contribution in [-0.4, -0.2) is 34.8 Å². The van der Waals surface area contributed by atoms with Crippen LogP contribution in [0.5, 0.6) is 0 Å². The molecule has 1 aliphatic heterocycles. The van der Waals surface area contributed by atoms with Crippen molar-refractivity contribution in [2.75, 3.05) is 0 Å². The number of piperazine rings is 1. The zero-order chi connectivity index (χ0) is 15.8. The topological polar surface area (TPSA) is 49.4 Å². The third kappa shape index (κ3) is 3.09. The van der Waals surface area contributed by atoms with Gasteiger partial charge in [-0.15, -0.1) is 0 Å². The van der Waals surface area contributed by atoms with Crippen molar-refractivity contribution in [2.45, 2.75) is 84.8 Å². The summed E-state index contributed by atoms with van der Waals surface area (Å²) in [5.41, 5.74) is -0.251. The monoisotopic (exact) mass is 294 g/mol. The molecule has 1 saturated heterocycles. The zero-order valence-corrected chi connectivity index (χ0v) is 14.1. The second-order valence-corrected chi connectivity index (χ2v) is 7.76. The largest absolute Gasteiger partial charge is 0.342 e. The maximum Gasteiger partial charge on any atom is 0.246 e. The van der Waals surface area contributed by atoms with Gasteiger partial charge < -0.3 is 10.2 Å². The van der Waals surface area contributed by atoms with Gasteiger partial charge in [-0.25, -0.2) is 0 Å². The van der Waals surface area contributed by atoms with Crippen LogP contribution < -0.4 is 5.32 Å². The Hall–Kier alpha value is -1.06. The highest BCUT2D eigenvalue weighted by Crippen LogP contribution is 2.34. The van der Waals surface area contributed by atoms with Crippen LogP contribution in [0.3, 0.4) is 0 Å². The number of nitrogens with zero attached hydrogens (tertiary/aromatic N) is 1. The Labute approximate surface area is 128 Å². The maximum absolute atomic E-state index is 13.0. The van der Waals surface area contributed by atoms with Crippen molar-refractivity contribution in [2.24, 2.45) is 11.3 Å². The summed E-state index contributed by atoms with van der Waals surface area (Å²) in [4.78, 5) is 27.4. The molecule has 1 aliphatic carbocycles. The Bertz CT molecular complexity index is 408. The molecule has 0 radical (unpaired) electrons. The number of hydrogen-bond acceptors (Lipinski definition) is 2. The third-order valence-corrected chi connectivity index (χ3v) is 5.20. The molecular formula is C17H30N2O2. The first-order chi connectivity index (χ1) is 9.77. The van der Waals surface area contributed by atoms with Gasteiger partial charge >= 0.3 is 0 Å². The Balaban J connectivity index is 2.28. The number of carbonyl (C=O) groups is 2. The number of carbonyl (C=O) groups excluding carboxylic acids is 2. The molecule has 4 nitrogen and oxygen atoms in total. The predicted octanol–water partition coefficient (Wildman–Crippen LogP) is 2.72. The van der Waals surface area contributed by atoms with Crippen LogP contribution in [0.25, 0.3) is 0 Å². The van der Waals surface area contributed by atoms with E-state index in [1.807, 2.05) is 32.6 Å². The fraction of sp³-hybridized carbons (Fsp3) is 0.882. The molecule has 21 heavy (non-hydrogen) atoms. The van der Waals surface area contributed by atoms with E-state index < -0.39 is 6.04 Å². The normalized spacial score (nSPS) is 29.7. The summed E-state index contributed by atoms with van der Waals surface area (Å²) in [5.74, 6) is 0.671. The number of rotatable bonds is 3. The van der Waals surface area contributed by atoms with Gasteiger partial charge in [-0.3, -0.25) is 9.59 Å². The summed E-state index contributed by atoms with van der Waals surface area (Å²) in [6.07, 6.45) is 5.56. The molecule has 0 bridgehead atoms. The molecule has 2 rings (SSSR count). The Morgan fingerprint density at radius 3 is 2.29 bits per heavy atom. The second-order valence-electron chi connectivity index (χ2n) is 7.76. The van der Waals surface area contributed by atoms with Gasteiger partial charge in [-0.05, 0) is 37.5 Å². The highest BCUT2D eigenvalue weighted by Gasteiger charge is 2.47. The highest BCUT2D eigenvalue weighted by molar-refractivity contribution is 5.97. The van der Waals surface area contributed by atoms with Gasteiger partial charge in [0.2, 0.25) is 11.8 Å². The molecule has 0 spiro atoms. The molecule has 3 unspecified atom stereocenters. The van der Waals surface area contributed by atoms with Crippen molar-refractivity contribution in [1.29, 1.82) is 0 Å². The van der Waals surface area contributed by atoms with E-state index in [9.17, 15) is 9.59 Å². The summed E-state index contributed by atoms with van der Waals surface area (Å²) in [6.45, 7) is 10.2. The molecule has 1 N–H and O–H groups in total. The molecule has 2 fully saturated rings. The molecular weight excluding hydrogens is 264 g/mol. The average Bonchev–Trinajstić information content (AvgIpc) is 2.92. The van der Waals surface area contributed by atoms with E-state index in [1.54, 1.807) is 0 Å². The van der Waals surface area contributed by atoms with Crippen molar-refractivity contribution in [3.8, 4) is 0 Å². The van der Waals surface area contributed by atoms with Crippen molar-refractivity contribution in [1.82, 2.24) is 10.2 Å². The lowest BCUT2D eigenvalue weighted by Gasteiger charge is -2.47. The van der Waals surface area contributed by atoms with Crippen LogP contribution in [0.15, 0.2) is 0 Å². The second kappa shape index (κ2) is 5.98. The van der Waals surface area contributed by atoms with Gasteiger partial charge in [0.25, 0.3) is 0 Å². The molecule has 2 aliphatic rings. The van der Waals surface area contributed by atoms with Gasteiger partial charge in [0, 0.05) is 6.04 Å². The minimum atomic E-state index is -0.406. The molecule has 3 atom stereocenters. The SMILES string of the molecule is CCC1C(=O)NC(C(C)(C)C)C(=O)N1C(C)C1CCCC1. The summed E-state index contributed by atoms with van der Waals surface area (Å²) in [7, 11) is 0. The lowest BCUT2D eigenvalue weighted by molar-refractivity contribution is -0.156. The van der Waals surface area contributed by atoms with Gasteiger partial charge in [-0.2, -0.15) is 0 Å². The number of nitrogens with one attached hydrogen (secondary N) is 1. The Kier molecular flexibility index (Phi) is 4.64. The van der Waals surface area contributed by atoms with Crippen molar-refractivity contribution in [3.05, 3.63) is 0 Å². The Morgan fingerprint density at radius 2 is 1.81 bits per heavy atom. The van der Waals surface area contributed by atoms with Crippen LogP contribution >= 0.6 is 0 Å². The fourth-order valence-electron chi connectivity index (χ4n) is 3.85. The van der Waals surface area contributed by atoms with E-state index in [1.165, 1.54) is 25.7 Å². The van der Waals surface area contributed by atoms with Crippen molar-refractivity contribution >= 4 is 11.8 Å². The zero-order valence-electron chi connectivity index (χ0n) is 14.1. The predicted molar refractivity (Wildman–Crippen MR) is 83.7 cm³/mol. The molecule has 1 saturated carbocycles. The lowest BCUT2D eigenvalue weighted by atomic mass is 9.82. The van der Waals surface area contributed by atoms with Crippen molar-refractivity contribution in [3.63, 3.8) is 0 Å². The van der Waals surface area contributed by atoms with Crippen LogP contribution in [0, 0.1) is 11.3 Å². The van der Waals surface area contributed by atoms with Crippen LogP contribution in [0.4, 0.5) is 0 Å². The molecule has 120 valence electrons. The molecule has 0 aromatic rings. The summed E-state index contributed by atoms with van der Waals surface area (Å²) in [6, 6.07) is -0.538. The Morgan fingerprint density at radius 1 is 1.24 bits per heavy atom. The fourth-order valence-corrected chi connectivity index (χ4v) is 3.85. The van der Waals surface area contributed by atoms with Crippen LogP contribution in [0.1, 0.15) is 66.7 Å². The highest BCUT2D eigenvalue weighted by atomic mass is 16.2. The smallest absolute Gasteiger partial charge is 0.246 e. The summed E-state index contributed by atoms with van der Waals surface area (Å²) >= 11 is 0. The number of amides is 2. The minimum Gasteiger partial charge on any atom is -0.342 e. The van der Waals surface area contributed by atoms with Gasteiger partial charge in [-0.1, -0.05) is 40.5 Å². The van der Waals surface area contributed by atoms with Gasteiger partial charge in [0.05, 0.1) is 0 Å². The van der Waals surface area contributed by atoms with Gasteiger partial charge in [0.1, 0.15) is 12.1 Å².